The third-order valence-electron chi connectivity index (χ3n) is 6.31. The number of aromatic nitrogens is 2. The monoisotopic (exact) mass is 462 g/mol. The van der Waals surface area contributed by atoms with Gasteiger partial charge in [-0.25, -0.2) is 4.98 Å². The lowest BCUT2D eigenvalue weighted by Crippen LogP contribution is -2.36. The number of anilines is 1. The molecule has 2 aromatic heterocycles. The first-order valence-corrected chi connectivity index (χ1v) is 11.6. The topological polar surface area (TPSA) is 52.7 Å². The highest BCUT2D eigenvalue weighted by Gasteiger charge is 2.21. The fourth-order valence-electron chi connectivity index (χ4n) is 4.63. The van der Waals surface area contributed by atoms with Crippen molar-refractivity contribution in [3.8, 4) is 0 Å². The number of hydrogen-bond donors (Lipinski definition) is 3. The van der Waals surface area contributed by atoms with E-state index in [1.54, 1.807) is 0 Å². The summed E-state index contributed by atoms with van der Waals surface area (Å²) in [6.45, 7) is 3.07. The molecular weight excluding hydrogens is 436 g/mol. The molecule has 3 N–H and O–H groups in total. The highest BCUT2D eigenvalue weighted by Crippen LogP contribution is 2.26. The van der Waals surface area contributed by atoms with Crippen LogP contribution in [0.25, 0.3) is 21.8 Å². The lowest BCUT2D eigenvalue weighted by atomic mass is 9.91. The van der Waals surface area contributed by atoms with Gasteiger partial charge in [-0.2, -0.15) is 0 Å². The Morgan fingerprint density at radius 2 is 1.80 bits per heavy atom. The van der Waals surface area contributed by atoms with E-state index in [2.05, 4.69) is 93.2 Å². The maximum Gasteiger partial charge on any atom is 0.127 e. The molecule has 4 aromatic rings. The Kier molecular flexibility index (Phi) is 5.48. The summed E-state index contributed by atoms with van der Waals surface area (Å²) in [5.41, 5.74) is 4.88. The molecule has 1 fully saturated rings. The standard InChI is InChI=1S/C25H27BrN4/c1-16-12-25(30-24-5-3-2-4-21(16)24)29-20-9-7-19(8-10-20)27-14-17-15-28-23-11-6-18(26)13-22(17)23/h2-6,11-13,15,19-20,27-28H,7-10,14H2,1H3,(H,29,30). The molecule has 1 aliphatic carbocycles. The number of para-hydroxylation sites is 1. The number of aryl methyl sites for hydroxylation is 1. The molecule has 0 bridgehead atoms. The number of nitrogens with zero attached hydrogens (tertiary/aromatic N) is 1. The lowest BCUT2D eigenvalue weighted by molar-refractivity contribution is 0.353. The number of pyridine rings is 1. The first kappa shape index (κ1) is 19.6. The molecule has 1 aliphatic rings. The van der Waals surface area contributed by atoms with Crippen LogP contribution in [0.2, 0.25) is 0 Å². The van der Waals surface area contributed by atoms with E-state index < -0.39 is 0 Å². The molecule has 0 spiro atoms. The van der Waals surface area contributed by atoms with Gasteiger partial charge >= 0.3 is 0 Å². The van der Waals surface area contributed by atoms with Crippen LogP contribution in [0.3, 0.4) is 0 Å². The minimum absolute atomic E-state index is 0.500. The Labute approximate surface area is 185 Å². The maximum atomic E-state index is 4.82. The van der Waals surface area contributed by atoms with Crippen molar-refractivity contribution >= 4 is 43.6 Å². The fraction of sp³-hybridized carbons (Fsp3) is 0.320. The van der Waals surface area contributed by atoms with E-state index in [1.165, 1.54) is 53.1 Å². The average molecular weight is 463 g/mol. The van der Waals surface area contributed by atoms with Crippen LogP contribution in [0.5, 0.6) is 0 Å². The first-order chi connectivity index (χ1) is 14.7. The summed E-state index contributed by atoms with van der Waals surface area (Å²) < 4.78 is 1.12. The molecule has 0 radical (unpaired) electrons. The Bertz CT molecular complexity index is 1170. The minimum atomic E-state index is 0.500. The van der Waals surface area contributed by atoms with E-state index in [9.17, 15) is 0 Å². The number of aromatic amines is 1. The van der Waals surface area contributed by atoms with Crippen molar-refractivity contribution < 1.29 is 0 Å². The van der Waals surface area contributed by atoms with Crippen molar-refractivity contribution in [1.82, 2.24) is 15.3 Å². The van der Waals surface area contributed by atoms with Gasteiger partial charge in [0.2, 0.25) is 0 Å². The van der Waals surface area contributed by atoms with Crippen LogP contribution in [0, 0.1) is 6.92 Å². The lowest BCUT2D eigenvalue weighted by Gasteiger charge is -2.30. The zero-order valence-corrected chi connectivity index (χ0v) is 18.8. The minimum Gasteiger partial charge on any atom is -0.367 e. The second-order valence-corrected chi connectivity index (χ2v) is 9.33. The molecule has 0 amide bonds. The molecule has 0 aliphatic heterocycles. The van der Waals surface area contributed by atoms with Gasteiger partial charge in [-0.3, -0.25) is 0 Å². The summed E-state index contributed by atoms with van der Waals surface area (Å²) in [5, 5.41) is 9.99. The normalized spacial score (nSPS) is 19.4. The van der Waals surface area contributed by atoms with Gasteiger partial charge < -0.3 is 15.6 Å². The van der Waals surface area contributed by atoms with Crippen molar-refractivity contribution in [1.29, 1.82) is 0 Å². The largest absolute Gasteiger partial charge is 0.367 e. The molecule has 5 rings (SSSR count). The first-order valence-electron chi connectivity index (χ1n) is 10.8. The van der Waals surface area contributed by atoms with E-state index in [0.29, 0.717) is 12.1 Å². The van der Waals surface area contributed by atoms with Crippen LogP contribution in [0.1, 0.15) is 36.8 Å². The molecule has 5 heteroatoms. The number of fused-ring (bicyclic) bond motifs is 2. The SMILES string of the molecule is Cc1cc(NC2CCC(NCc3c[nH]c4ccc(Br)cc34)CC2)nc2ccccc12. The number of nitrogens with one attached hydrogen (secondary N) is 3. The zero-order valence-electron chi connectivity index (χ0n) is 17.2. The maximum absolute atomic E-state index is 4.82. The second-order valence-electron chi connectivity index (χ2n) is 8.42. The summed E-state index contributed by atoms with van der Waals surface area (Å²) in [6, 6.07) is 18.0. The molecular formula is C25H27BrN4. The van der Waals surface area contributed by atoms with Crippen LogP contribution in [-0.4, -0.2) is 22.1 Å². The van der Waals surface area contributed by atoms with Gasteiger partial charge in [0.25, 0.3) is 0 Å². The Morgan fingerprint density at radius 3 is 2.67 bits per heavy atom. The highest BCUT2D eigenvalue weighted by molar-refractivity contribution is 9.10. The average Bonchev–Trinajstić information content (AvgIpc) is 3.15. The van der Waals surface area contributed by atoms with E-state index in [4.69, 9.17) is 4.98 Å². The van der Waals surface area contributed by atoms with Crippen molar-refractivity contribution in [3.63, 3.8) is 0 Å². The predicted octanol–water partition coefficient (Wildman–Crippen LogP) is 6.30. The van der Waals surface area contributed by atoms with Gasteiger partial charge in [0.15, 0.2) is 0 Å². The number of hydrogen-bond acceptors (Lipinski definition) is 3. The van der Waals surface area contributed by atoms with Gasteiger partial charge in [-0.15, -0.1) is 0 Å². The number of halogens is 1. The van der Waals surface area contributed by atoms with Gasteiger partial charge in [0.1, 0.15) is 5.82 Å². The van der Waals surface area contributed by atoms with Crippen molar-refractivity contribution in [2.75, 3.05) is 5.32 Å². The number of H-pyrrole nitrogens is 1. The molecule has 154 valence electrons. The number of rotatable bonds is 5. The molecule has 4 nitrogen and oxygen atoms in total. The fourth-order valence-corrected chi connectivity index (χ4v) is 4.99. The molecule has 2 aromatic carbocycles. The van der Waals surface area contributed by atoms with Gasteiger partial charge in [0, 0.05) is 45.6 Å². The zero-order chi connectivity index (χ0) is 20.5. The van der Waals surface area contributed by atoms with E-state index in [-0.39, 0.29) is 0 Å². The predicted molar refractivity (Wildman–Crippen MR) is 129 cm³/mol. The molecule has 0 atom stereocenters. The Balaban J connectivity index is 1.17. The van der Waals surface area contributed by atoms with E-state index in [0.717, 1.165) is 22.4 Å². The smallest absolute Gasteiger partial charge is 0.127 e. The van der Waals surface area contributed by atoms with Gasteiger partial charge in [0.05, 0.1) is 5.52 Å². The summed E-state index contributed by atoms with van der Waals surface area (Å²) in [6.07, 6.45) is 6.85. The summed E-state index contributed by atoms with van der Waals surface area (Å²) in [5.74, 6) is 1.01. The van der Waals surface area contributed by atoms with Crippen LogP contribution in [0.15, 0.2) is 59.2 Å². The molecule has 2 heterocycles. The summed E-state index contributed by atoms with van der Waals surface area (Å²) in [7, 11) is 0. The van der Waals surface area contributed by atoms with E-state index >= 15 is 0 Å². The molecule has 1 saturated carbocycles. The van der Waals surface area contributed by atoms with Crippen LogP contribution < -0.4 is 10.6 Å². The van der Waals surface area contributed by atoms with Crippen molar-refractivity contribution in [3.05, 3.63) is 70.3 Å². The van der Waals surface area contributed by atoms with Crippen molar-refractivity contribution in [2.45, 2.75) is 51.2 Å². The molecule has 0 unspecified atom stereocenters. The quantitative estimate of drug-likeness (QED) is 0.326. The van der Waals surface area contributed by atoms with Crippen LogP contribution >= 0.6 is 15.9 Å². The summed E-state index contributed by atoms with van der Waals surface area (Å²) >= 11 is 3.58. The third-order valence-corrected chi connectivity index (χ3v) is 6.81. The number of benzene rings is 2. The van der Waals surface area contributed by atoms with Gasteiger partial charge in [-0.05, 0) is 74.1 Å². The van der Waals surface area contributed by atoms with E-state index in [1.807, 2.05) is 0 Å². The Morgan fingerprint density at radius 1 is 1.00 bits per heavy atom. The van der Waals surface area contributed by atoms with Crippen LogP contribution in [-0.2, 0) is 6.54 Å². The molecule has 30 heavy (non-hydrogen) atoms. The summed E-state index contributed by atoms with van der Waals surface area (Å²) in [4.78, 5) is 8.20. The molecule has 0 saturated heterocycles. The highest BCUT2D eigenvalue weighted by atomic mass is 79.9. The van der Waals surface area contributed by atoms with Gasteiger partial charge in [-0.1, -0.05) is 34.1 Å². The van der Waals surface area contributed by atoms with Crippen molar-refractivity contribution in [2.24, 2.45) is 0 Å². The Hall–Kier alpha value is -2.37. The van der Waals surface area contributed by atoms with Crippen LogP contribution in [0.4, 0.5) is 5.82 Å². The second kappa shape index (κ2) is 8.40. The third kappa shape index (κ3) is 4.09.